The molecule has 3 rings (SSSR count). The van der Waals surface area contributed by atoms with E-state index in [0.29, 0.717) is 30.2 Å². The summed E-state index contributed by atoms with van der Waals surface area (Å²) in [5.74, 6) is 0.919. The molecule has 2 heterocycles. The second-order valence-corrected chi connectivity index (χ2v) is 9.39. The highest BCUT2D eigenvalue weighted by Crippen LogP contribution is 2.15. The van der Waals surface area contributed by atoms with E-state index in [0.717, 1.165) is 30.6 Å². The van der Waals surface area contributed by atoms with E-state index >= 15 is 0 Å². The zero-order valence-corrected chi connectivity index (χ0v) is 18.5. The van der Waals surface area contributed by atoms with Crippen LogP contribution in [0, 0.1) is 5.82 Å². The maximum atomic E-state index is 13.7. The van der Waals surface area contributed by atoms with Gasteiger partial charge in [0.25, 0.3) is 0 Å². The fourth-order valence-electron chi connectivity index (χ4n) is 3.19. The topological polar surface area (TPSA) is 101 Å². The second kappa shape index (κ2) is 10.3. The number of halogens is 1. The summed E-state index contributed by atoms with van der Waals surface area (Å²) >= 11 is 0. The first-order valence-corrected chi connectivity index (χ1v) is 12.2. The van der Waals surface area contributed by atoms with Gasteiger partial charge in [-0.3, -0.25) is 4.40 Å². The van der Waals surface area contributed by atoms with Crippen molar-refractivity contribution in [2.45, 2.75) is 32.1 Å². The lowest BCUT2D eigenvalue weighted by molar-refractivity contribution is 0.600. The third-order valence-corrected chi connectivity index (χ3v) is 5.43. The summed E-state index contributed by atoms with van der Waals surface area (Å²) < 4.78 is 39.0. The molecular weight excluding hydrogens is 419 g/mol. The van der Waals surface area contributed by atoms with E-state index in [9.17, 15) is 12.8 Å². The molecule has 0 atom stereocenters. The highest BCUT2D eigenvalue weighted by Gasteiger charge is 2.11. The van der Waals surface area contributed by atoms with Crippen LogP contribution < -0.4 is 10.6 Å². The Hall–Kier alpha value is -3.01. The molecular formula is C21H27FN6O2S. The summed E-state index contributed by atoms with van der Waals surface area (Å²) in [6, 6.07) is 9.89. The fourth-order valence-corrected chi connectivity index (χ4v) is 4.03. The molecule has 166 valence electrons. The predicted molar refractivity (Wildman–Crippen MR) is 119 cm³/mol. The van der Waals surface area contributed by atoms with Gasteiger partial charge >= 0.3 is 0 Å². The largest absolute Gasteiger partial charge is 0.357 e. The quantitative estimate of drug-likeness (QED) is 0.297. The van der Waals surface area contributed by atoms with E-state index in [1.54, 1.807) is 0 Å². The second-order valence-electron chi connectivity index (χ2n) is 7.25. The number of rotatable bonds is 9. The zero-order valence-electron chi connectivity index (χ0n) is 17.7. The van der Waals surface area contributed by atoms with Crippen LogP contribution in [-0.4, -0.2) is 48.3 Å². The molecule has 0 saturated heterocycles. The summed E-state index contributed by atoms with van der Waals surface area (Å²) in [6.45, 7) is 3.45. The molecule has 0 amide bonds. The molecule has 0 radical (unpaired) electrons. The first-order chi connectivity index (χ1) is 14.9. The van der Waals surface area contributed by atoms with E-state index in [4.69, 9.17) is 0 Å². The fraction of sp³-hybridized carbons (Fsp3) is 0.381. The van der Waals surface area contributed by atoms with Crippen LogP contribution in [0.2, 0.25) is 0 Å². The van der Waals surface area contributed by atoms with Crippen molar-refractivity contribution in [2.24, 2.45) is 4.99 Å². The Morgan fingerprint density at radius 2 is 2.00 bits per heavy atom. The number of aromatic nitrogens is 3. The maximum absolute atomic E-state index is 13.7. The first-order valence-electron chi connectivity index (χ1n) is 10.1. The molecule has 0 aliphatic carbocycles. The molecule has 1 aromatic carbocycles. The molecule has 2 aromatic heterocycles. The molecule has 3 aromatic rings. The van der Waals surface area contributed by atoms with Gasteiger partial charge in [-0.1, -0.05) is 12.1 Å². The van der Waals surface area contributed by atoms with Crippen LogP contribution in [0.5, 0.6) is 0 Å². The molecule has 0 spiro atoms. The van der Waals surface area contributed by atoms with Gasteiger partial charge in [0.1, 0.15) is 11.6 Å². The summed E-state index contributed by atoms with van der Waals surface area (Å²) in [7, 11) is -3.23. The van der Waals surface area contributed by atoms with Crippen LogP contribution in [0.3, 0.4) is 0 Å². The standard InChI is InChI=1S/C21H27FN6O2S/c1-3-23-21(24-11-6-8-20-27-26-19-7-4-5-12-28(19)20)25-14-17-13-18(22)10-9-16(17)15-31(2,29)30/h4-5,7,9-10,12-13H,3,6,8,11,14-15H2,1-2H3,(H2,23,24,25). The molecule has 2 N–H and O–H groups in total. The van der Waals surface area contributed by atoms with E-state index in [2.05, 4.69) is 25.8 Å². The van der Waals surface area contributed by atoms with Crippen LogP contribution in [0.4, 0.5) is 4.39 Å². The van der Waals surface area contributed by atoms with Crippen molar-refractivity contribution >= 4 is 21.4 Å². The zero-order chi connectivity index (χ0) is 22.3. The Labute approximate surface area is 181 Å². The van der Waals surface area contributed by atoms with Crippen LogP contribution >= 0.6 is 0 Å². The summed E-state index contributed by atoms with van der Waals surface area (Å²) in [5, 5.41) is 14.8. The Morgan fingerprint density at radius 1 is 1.16 bits per heavy atom. The van der Waals surface area contributed by atoms with Gasteiger partial charge in [-0.15, -0.1) is 10.2 Å². The third kappa shape index (κ3) is 6.74. The number of pyridine rings is 1. The van der Waals surface area contributed by atoms with E-state index < -0.39 is 15.7 Å². The van der Waals surface area contributed by atoms with Crippen LogP contribution in [0.25, 0.3) is 5.65 Å². The monoisotopic (exact) mass is 446 g/mol. The molecule has 0 unspecified atom stereocenters. The number of sulfone groups is 1. The van der Waals surface area contributed by atoms with Crippen molar-refractivity contribution in [3.63, 3.8) is 0 Å². The summed E-state index contributed by atoms with van der Waals surface area (Å²) in [6.07, 6.45) is 4.67. The van der Waals surface area contributed by atoms with Gasteiger partial charge in [0.05, 0.1) is 12.3 Å². The van der Waals surface area contributed by atoms with Crippen molar-refractivity contribution in [3.05, 3.63) is 65.4 Å². The molecule has 0 fully saturated rings. The number of fused-ring (bicyclic) bond motifs is 1. The number of aryl methyl sites for hydroxylation is 1. The number of hydrogen-bond acceptors (Lipinski definition) is 5. The van der Waals surface area contributed by atoms with Gasteiger partial charge in [0.2, 0.25) is 0 Å². The van der Waals surface area contributed by atoms with Gasteiger partial charge in [-0.2, -0.15) is 0 Å². The van der Waals surface area contributed by atoms with Crippen LogP contribution in [0.15, 0.2) is 47.6 Å². The number of aliphatic imine (C=N–C) groups is 1. The average Bonchev–Trinajstić information content (AvgIpc) is 3.13. The molecule has 10 heteroatoms. The van der Waals surface area contributed by atoms with Gasteiger partial charge < -0.3 is 10.6 Å². The Morgan fingerprint density at radius 3 is 2.77 bits per heavy atom. The van der Waals surface area contributed by atoms with Gasteiger partial charge in [-0.25, -0.2) is 17.8 Å². The average molecular weight is 447 g/mol. The Balaban J connectivity index is 1.61. The Bertz CT molecular complexity index is 1160. The lowest BCUT2D eigenvalue weighted by atomic mass is 10.1. The highest BCUT2D eigenvalue weighted by atomic mass is 32.2. The maximum Gasteiger partial charge on any atom is 0.191 e. The summed E-state index contributed by atoms with van der Waals surface area (Å²) in [5.41, 5.74) is 1.93. The number of guanidine groups is 1. The first kappa shape index (κ1) is 22.7. The minimum Gasteiger partial charge on any atom is -0.357 e. The van der Waals surface area contributed by atoms with Crippen molar-refractivity contribution < 1.29 is 12.8 Å². The van der Waals surface area contributed by atoms with Crippen molar-refractivity contribution in [2.75, 3.05) is 19.3 Å². The highest BCUT2D eigenvalue weighted by molar-refractivity contribution is 7.89. The van der Waals surface area contributed by atoms with Gasteiger partial charge in [-0.05, 0) is 48.7 Å². The lowest BCUT2D eigenvalue weighted by Crippen LogP contribution is -2.38. The van der Waals surface area contributed by atoms with E-state index in [1.165, 1.54) is 18.2 Å². The molecule has 0 saturated carbocycles. The number of nitrogens with zero attached hydrogens (tertiary/aromatic N) is 4. The lowest BCUT2D eigenvalue weighted by Gasteiger charge is -2.12. The number of nitrogens with one attached hydrogen (secondary N) is 2. The number of benzene rings is 1. The molecule has 8 nitrogen and oxygen atoms in total. The van der Waals surface area contributed by atoms with Gasteiger partial charge in [0, 0.05) is 32.0 Å². The SMILES string of the molecule is CCNC(=NCc1cc(F)ccc1CS(C)(=O)=O)NCCCc1nnc2ccccn12. The van der Waals surface area contributed by atoms with E-state index in [1.807, 2.05) is 35.7 Å². The molecule has 0 aliphatic rings. The normalized spacial score (nSPS) is 12.3. The molecule has 0 bridgehead atoms. The van der Waals surface area contributed by atoms with E-state index in [-0.39, 0.29) is 12.3 Å². The third-order valence-electron chi connectivity index (χ3n) is 4.59. The smallest absolute Gasteiger partial charge is 0.191 e. The minimum atomic E-state index is -3.23. The van der Waals surface area contributed by atoms with Crippen molar-refractivity contribution in [1.29, 1.82) is 0 Å². The van der Waals surface area contributed by atoms with Crippen LogP contribution in [-0.2, 0) is 28.6 Å². The van der Waals surface area contributed by atoms with Crippen molar-refractivity contribution in [3.8, 4) is 0 Å². The summed E-state index contributed by atoms with van der Waals surface area (Å²) in [4.78, 5) is 4.50. The van der Waals surface area contributed by atoms with Crippen molar-refractivity contribution in [1.82, 2.24) is 25.2 Å². The van der Waals surface area contributed by atoms with Gasteiger partial charge in [0.15, 0.2) is 21.4 Å². The minimum absolute atomic E-state index is 0.144. The van der Waals surface area contributed by atoms with Crippen LogP contribution in [0.1, 0.15) is 30.3 Å². The Kier molecular flexibility index (Phi) is 7.56. The molecule has 0 aliphatic heterocycles. The molecule has 31 heavy (non-hydrogen) atoms. The predicted octanol–water partition coefficient (Wildman–Crippen LogP) is 2.10. The number of hydrogen-bond donors (Lipinski definition) is 2.